The van der Waals surface area contributed by atoms with Crippen LogP contribution in [0.15, 0.2) is 18.2 Å². The third kappa shape index (κ3) is 2.91. The molecule has 1 aromatic rings. The number of hydrogen-bond acceptors (Lipinski definition) is 3. The Balaban J connectivity index is 2.29. The molecular formula is C12H12Cl2N2O. The van der Waals surface area contributed by atoms with Gasteiger partial charge in [-0.1, -0.05) is 29.3 Å². The number of hydrogen-bond donors (Lipinski definition) is 1. The summed E-state index contributed by atoms with van der Waals surface area (Å²) < 4.78 is 5.70. The lowest BCUT2D eigenvalue weighted by Crippen LogP contribution is -2.23. The van der Waals surface area contributed by atoms with Gasteiger partial charge in [0.15, 0.2) is 0 Å². The summed E-state index contributed by atoms with van der Waals surface area (Å²) in [5.74, 6) is -0.213. The highest BCUT2D eigenvalue weighted by Crippen LogP contribution is 2.31. The van der Waals surface area contributed by atoms with E-state index in [0.717, 1.165) is 12.1 Å². The highest BCUT2D eigenvalue weighted by Gasteiger charge is 2.26. The van der Waals surface area contributed by atoms with E-state index in [1.807, 2.05) is 6.07 Å². The van der Waals surface area contributed by atoms with Crippen LogP contribution in [-0.2, 0) is 4.74 Å². The van der Waals surface area contributed by atoms with Crippen molar-refractivity contribution in [1.29, 1.82) is 5.26 Å². The van der Waals surface area contributed by atoms with Crippen molar-refractivity contribution in [3.05, 3.63) is 33.8 Å². The molecule has 0 radical (unpaired) electrons. The van der Waals surface area contributed by atoms with Crippen LogP contribution in [0.25, 0.3) is 0 Å². The minimum absolute atomic E-state index is 0.213. The molecule has 0 amide bonds. The number of benzene rings is 1. The fraction of sp³-hybridized carbons (Fsp3) is 0.417. The maximum atomic E-state index is 9.14. The van der Waals surface area contributed by atoms with Crippen LogP contribution in [0.2, 0.25) is 10.0 Å². The summed E-state index contributed by atoms with van der Waals surface area (Å²) in [5.41, 5.74) is 0.898. The summed E-state index contributed by atoms with van der Waals surface area (Å²) in [6.07, 6.45) is -0.246. The van der Waals surface area contributed by atoms with E-state index in [2.05, 4.69) is 11.4 Å². The van der Waals surface area contributed by atoms with E-state index >= 15 is 0 Å². The smallest absolute Gasteiger partial charge is 0.0996 e. The second-order valence-electron chi connectivity index (χ2n) is 3.90. The molecule has 0 bridgehead atoms. The van der Waals surface area contributed by atoms with Gasteiger partial charge in [0.25, 0.3) is 0 Å². The molecule has 0 aliphatic carbocycles. The van der Waals surface area contributed by atoms with Gasteiger partial charge in [-0.3, -0.25) is 0 Å². The fourth-order valence-electron chi connectivity index (χ4n) is 1.87. The summed E-state index contributed by atoms with van der Waals surface area (Å²) >= 11 is 11.9. The molecule has 0 aromatic heterocycles. The molecule has 17 heavy (non-hydrogen) atoms. The van der Waals surface area contributed by atoms with Crippen molar-refractivity contribution in [1.82, 2.24) is 5.32 Å². The molecule has 1 fully saturated rings. The van der Waals surface area contributed by atoms with Gasteiger partial charge >= 0.3 is 0 Å². The zero-order chi connectivity index (χ0) is 12.3. The molecule has 1 heterocycles. The zero-order valence-electron chi connectivity index (χ0n) is 9.12. The Labute approximate surface area is 110 Å². The van der Waals surface area contributed by atoms with Gasteiger partial charge in [-0.15, -0.1) is 0 Å². The SMILES string of the molecule is N#CC1CNCCOC1c1ccc(Cl)c(Cl)c1. The van der Waals surface area contributed by atoms with Crippen molar-refractivity contribution >= 4 is 23.2 Å². The minimum Gasteiger partial charge on any atom is -0.371 e. The van der Waals surface area contributed by atoms with Crippen LogP contribution in [-0.4, -0.2) is 19.7 Å². The summed E-state index contributed by atoms with van der Waals surface area (Å²) in [6.45, 7) is 1.97. The third-order valence-corrected chi connectivity index (χ3v) is 3.48. The molecule has 2 unspecified atom stereocenters. The highest BCUT2D eigenvalue weighted by molar-refractivity contribution is 6.42. The maximum absolute atomic E-state index is 9.14. The topological polar surface area (TPSA) is 45.0 Å². The van der Waals surface area contributed by atoms with E-state index in [-0.39, 0.29) is 12.0 Å². The van der Waals surface area contributed by atoms with Gasteiger partial charge in [0.1, 0.15) is 0 Å². The van der Waals surface area contributed by atoms with Crippen molar-refractivity contribution in [3.8, 4) is 6.07 Å². The monoisotopic (exact) mass is 270 g/mol. The van der Waals surface area contributed by atoms with Gasteiger partial charge in [0.2, 0.25) is 0 Å². The molecule has 0 saturated carbocycles. The molecule has 5 heteroatoms. The average molecular weight is 271 g/mol. The first-order valence-corrected chi connectivity index (χ1v) is 6.15. The maximum Gasteiger partial charge on any atom is 0.0996 e. The Morgan fingerprint density at radius 1 is 1.35 bits per heavy atom. The van der Waals surface area contributed by atoms with Crippen LogP contribution in [0.4, 0.5) is 0 Å². The van der Waals surface area contributed by atoms with Gasteiger partial charge in [-0.25, -0.2) is 0 Å². The quantitative estimate of drug-likeness (QED) is 0.854. The van der Waals surface area contributed by atoms with E-state index in [1.54, 1.807) is 12.1 Å². The van der Waals surface area contributed by atoms with Crippen LogP contribution < -0.4 is 5.32 Å². The Morgan fingerprint density at radius 2 is 2.18 bits per heavy atom. The lowest BCUT2D eigenvalue weighted by molar-refractivity contribution is 0.0456. The van der Waals surface area contributed by atoms with Crippen LogP contribution >= 0.6 is 23.2 Å². The highest BCUT2D eigenvalue weighted by atomic mass is 35.5. The normalized spacial score (nSPS) is 25.0. The molecule has 1 aromatic carbocycles. The molecule has 1 saturated heterocycles. The first kappa shape index (κ1) is 12.7. The first-order chi connectivity index (χ1) is 8.22. The summed E-state index contributed by atoms with van der Waals surface area (Å²) in [4.78, 5) is 0. The zero-order valence-corrected chi connectivity index (χ0v) is 10.6. The molecule has 1 aliphatic heterocycles. The van der Waals surface area contributed by atoms with Crippen LogP contribution in [0.5, 0.6) is 0 Å². The van der Waals surface area contributed by atoms with Gasteiger partial charge in [0, 0.05) is 13.1 Å². The van der Waals surface area contributed by atoms with E-state index in [1.165, 1.54) is 0 Å². The lowest BCUT2D eigenvalue weighted by atomic mass is 9.97. The van der Waals surface area contributed by atoms with E-state index in [4.69, 9.17) is 33.2 Å². The number of halogens is 2. The standard InChI is InChI=1S/C12H12Cl2N2O/c13-10-2-1-8(5-11(10)14)12-9(6-15)7-16-3-4-17-12/h1-2,5,9,12,16H,3-4,7H2. The lowest BCUT2D eigenvalue weighted by Gasteiger charge is -2.19. The molecular weight excluding hydrogens is 259 g/mol. The van der Waals surface area contributed by atoms with E-state index < -0.39 is 0 Å². The molecule has 2 atom stereocenters. The Hall–Kier alpha value is -0.790. The van der Waals surface area contributed by atoms with Gasteiger partial charge in [-0.05, 0) is 17.7 Å². The average Bonchev–Trinajstić information content (AvgIpc) is 2.57. The Bertz CT molecular complexity index is 445. The van der Waals surface area contributed by atoms with Gasteiger partial charge < -0.3 is 10.1 Å². The number of ether oxygens (including phenoxy) is 1. The van der Waals surface area contributed by atoms with Crippen molar-refractivity contribution in [2.45, 2.75) is 6.10 Å². The second kappa shape index (κ2) is 5.70. The van der Waals surface area contributed by atoms with E-state index in [9.17, 15) is 0 Å². The molecule has 0 spiro atoms. The molecule has 1 aliphatic rings. The fourth-order valence-corrected chi connectivity index (χ4v) is 2.18. The molecule has 2 rings (SSSR count). The number of nitrogens with one attached hydrogen (secondary N) is 1. The van der Waals surface area contributed by atoms with Gasteiger partial charge in [-0.2, -0.15) is 5.26 Å². The first-order valence-electron chi connectivity index (χ1n) is 5.39. The van der Waals surface area contributed by atoms with Crippen molar-refractivity contribution in [2.24, 2.45) is 5.92 Å². The van der Waals surface area contributed by atoms with Crippen molar-refractivity contribution in [3.63, 3.8) is 0 Å². The predicted octanol–water partition coefficient (Wildman–Crippen LogP) is 2.79. The minimum atomic E-state index is -0.246. The van der Waals surface area contributed by atoms with Crippen LogP contribution in [0.1, 0.15) is 11.7 Å². The third-order valence-electron chi connectivity index (χ3n) is 2.74. The molecule has 1 N–H and O–H groups in total. The molecule has 3 nitrogen and oxygen atoms in total. The number of rotatable bonds is 1. The number of nitriles is 1. The summed E-state index contributed by atoms with van der Waals surface area (Å²) in [5, 5.41) is 13.3. The molecule has 90 valence electrons. The van der Waals surface area contributed by atoms with Crippen LogP contribution in [0.3, 0.4) is 0 Å². The number of nitrogens with zero attached hydrogens (tertiary/aromatic N) is 1. The second-order valence-corrected chi connectivity index (χ2v) is 4.72. The van der Waals surface area contributed by atoms with Gasteiger partial charge in [0.05, 0.1) is 34.7 Å². The van der Waals surface area contributed by atoms with Crippen molar-refractivity contribution < 1.29 is 4.74 Å². The summed E-state index contributed by atoms with van der Waals surface area (Å²) in [7, 11) is 0. The summed E-state index contributed by atoms with van der Waals surface area (Å²) in [6, 6.07) is 7.62. The predicted molar refractivity (Wildman–Crippen MR) is 67.1 cm³/mol. The Morgan fingerprint density at radius 3 is 2.88 bits per heavy atom. The Kier molecular flexibility index (Phi) is 4.25. The largest absolute Gasteiger partial charge is 0.371 e. The van der Waals surface area contributed by atoms with E-state index in [0.29, 0.717) is 23.2 Å². The van der Waals surface area contributed by atoms with Crippen LogP contribution in [0, 0.1) is 17.2 Å². The van der Waals surface area contributed by atoms with Crippen molar-refractivity contribution in [2.75, 3.05) is 19.7 Å².